The van der Waals surface area contributed by atoms with Crippen molar-refractivity contribution in [3.8, 4) is 0 Å². The molecular weight excluding hydrogens is 213 g/mol. The van der Waals surface area contributed by atoms with E-state index in [1.165, 1.54) is 6.07 Å². The molecule has 56 valence electrons. The van der Waals surface area contributed by atoms with Crippen LogP contribution in [0.15, 0.2) is 27.4 Å². The largest absolute Gasteiger partial charge is 0.428 e. The summed E-state index contributed by atoms with van der Waals surface area (Å²) in [4.78, 5) is 4.19. The van der Waals surface area contributed by atoms with E-state index in [9.17, 15) is 4.39 Å². The highest BCUT2D eigenvalue weighted by Gasteiger charge is 2.06. The third-order valence-corrected chi connectivity index (χ3v) is 1.68. The minimum absolute atomic E-state index is 0.194. The van der Waals surface area contributed by atoms with E-state index >= 15 is 0 Å². The lowest BCUT2D eigenvalue weighted by Crippen LogP contribution is -1.72. The van der Waals surface area contributed by atoms with Gasteiger partial charge in [-0.1, -0.05) is 6.07 Å². The van der Waals surface area contributed by atoms with E-state index < -0.39 is 0 Å². The van der Waals surface area contributed by atoms with E-state index in [2.05, 4.69) is 20.9 Å². The quantitative estimate of drug-likeness (QED) is 0.676. The van der Waals surface area contributed by atoms with E-state index in [-0.39, 0.29) is 11.4 Å². The van der Waals surface area contributed by atoms with Gasteiger partial charge in [0.2, 0.25) is 0 Å². The van der Waals surface area contributed by atoms with E-state index in [4.69, 9.17) is 4.42 Å². The second-order valence-corrected chi connectivity index (χ2v) is 2.73. The second-order valence-electron chi connectivity index (χ2n) is 2.05. The van der Waals surface area contributed by atoms with Gasteiger partial charge in [-0.25, -0.2) is 9.37 Å². The number of para-hydroxylation sites is 1. The van der Waals surface area contributed by atoms with Gasteiger partial charge in [-0.3, -0.25) is 0 Å². The molecule has 0 aliphatic heterocycles. The van der Waals surface area contributed by atoms with Crippen LogP contribution in [-0.2, 0) is 0 Å². The molecule has 0 amide bonds. The molecule has 2 rings (SSSR count). The number of benzene rings is 1. The maximum Gasteiger partial charge on any atom is 0.265 e. The Labute approximate surface area is 70.2 Å². The summed E-state index contributed by atoms with van der Waals surface area (Å²) < 4.78 is 17.8. The highest BCUT2D eigenvalue weighted by atomic mass is 79.9. The number of fused-ring (bicyclic) bond motifs is 1. The zero-order chi connectivity index (χ0) is 7.84. The number of aromatic nitrogens is 1. The van der Waals surface area contributed by atoms with Gasteiger partial charge >= 0.3 is 0 Å². The maximum absolute atomic E-state index is 12.8. The summed E-state index contributed by atoms with van der Waals surface area (Å²) in [6.07, 6.45) is 0. The summed E-state index contributed by atoms with van der Waals surface area (Å²) in [5, 5.41) is 0. The van der Waals surface area contributed by atoms with E-state index in [1.54, 1.807) is 12.1 Å². The third-order valence-electron chi connectivity index (χ3n) is 1.34. The molecule has 0 N–H and O–H groups in total. The number of nitrogens with zero attached hydrogens (tertiary/aromatic N) is 1. The summed E-state index contributed by atoms with van der Waals surface area (Å²) in [6.45, 7) is 0. The lowest BCUT2D eigenvalue weighted by atomic mass is 10.3. The Morgan fingerprint density at radius 1 is 1.45 bits per heavy atom. The molecule has 2 aromatic rings. The highest BCUT2D eigenvalue weighted by Crippen LogP contribution is 2.21. The predicted molar refractivity (Wildman–Crippen MR) is 41.7 cm³/mol. The fourth-order valence-corrected chi connectivity index (χ4v) is 1.24. The Kier molecular flexibility index (Phi) is 1.42. The van der Waals surface area contributed by atoms with Crippen molar-refractivity contribution in [1.29, 1.82) is 0 Å². The van der Waals surface area contributed by atoms with E-state index in [0.29, 0.717) is 10.3 Å². The molecule has 0 bridgehead atoms. The van der Waals surface area contributed by atoms with Gasteiger partial charge in [0.15, 0.2) is 11.4 Å². The topological polar surface area (TPSA) is 26.0 Å². The van der Waals surface area contributed by atoms with Gasteiger partial charge in [0, 0.05) is 15.9 Å². The van der Waals surface area contributed by atoms with Crippen LogP contribution in [0.3, 0.4) is 0 Å². The zero-order valence-corrected chi connectivity index (χ0v) is 6.93. The first-order valence-corrected chi connectivity index (χ1v) is 3.77. The van der Waals surface area contributed by atoms with Crippen molar-refractivity contribution in [2.24, 2.45) is 0 Å². The molecule has 0 saturated carbocycles. The Bertz CT molecular complexity index is 398. The maximum atomic E-state index is 12.8. The number of hydrogen-bond acceptors (Lipinski definition) is 2. The number of rotatable bonds is 0. The Morgan fingerprint density at radius 3 is 3.00 bits per heavy atom. The summed E-state index contributed by atoms with van der Waals surface area (Å²) in [7, 11) is 0. The summed E-state index contributed by atoms with van der Waals surface area (Å²) >= 11 is 3.01. The average molecular weight is 216 g/mol. The van der Waals surface area contributed by atoms with Crippen LogP contribution in [0.2, 0.25) is 0 Å². The fourth-order valence-electron chi connectivity index (χ4n) is 0.888. The van der Waals surface area contributed by atoms with Crippen molar-refractivity contribution >= 4 is 27.0 Å². The molecule has 0 atom stereocenters. The Morgan fingerprint density at radius 2 is 2.27 bits per heavy atom. The lowest BCUT2D eigenvalue weighted by molar-refractivity contribution is 0.534. The van der Waals surface area contributed by atoms with Gasteiger partial charge < -0.3 is 4.42 Å². The van der Waals surface area contributed by atoms with Gasteiger partial charge in [-0.15, -0.1) is 0 Å². The highest BCUT2D eigenvalue weighted by molar-refractivity contribution is 9.10. The van der Waals surface area contributed by atoms with Crippen molar-refractivity contribution in [3.63, 3.8) is 0 Å². The normalized spacial score (nSPS) is 10.7. The van der Waals surface area contributed by atoms with Crippen molar-refractivity contribution < 1.29 is 8.81 Å². The van der Waals surface area contributed by atoms with Gasteiger partial charge in [0.05, 0.1) is 0 Å². The van der Waals surface area contributed by atoms with Crippen molar-refractivity contribution in [2.45, 2.75) is 0 Å². The first-order chi connectivity index (χ1) is 5.27. The number of hydrogen-bond donors (Lipinski definition) is 0. The first kappa shape index (κ1) is 6.79. The first-order valence-electron chi connectivity index (χ1n) is 2.98. The molecule has 11 heavy (non-hydrogen) atoms. The molecule has 0 spiro atoms. The standard InChI is InChI=1S/C7H3BrFNO/c8-7-10-5-3-1-2-4(9)6(5)11-7/h1-3H. The van der Waals surface area contributed by atoms with Crippen LogP contribution >= 0.6 is 15.9 Å². The number of halogens is 2. The van der Waals surface area contributed by atoms with Gasteiger partial charge in [0.25, 0.3) is 4.80 Å². The molecule has 1 aromatic heterocycles. The van der Waals surface area contributed by atoms with Crippen molar-refractivity contribution in [1.82, 2.24) is 4.98 Å². The van der Waals surface area contributed by atoms with Crippen molar-refractivity contribution in [2.75, 3.05) is 0 Å². The van der Waals surface area contributed by atoms with Crippen molar-refractivity contribution in [3.05, 3.63) is 28.8 Å². The molecule has 0 radical (unpaired) electrons. The molecule has 0 unspecified atom stereocenters. The van der Waals surface area contributed by atoms with Crippen LogP contribution in [0.1, 0.15) is 0 Å². The molecule has 1 heterocycles. The molecular formula is C7H3BrFNO. The van der Waals surface area contributed by atoms with Gasteiger partial charge in [-0.05, 0) is 12.1 Å². The zero-order valence-electron chi connectivity index (χ0n) is 5.34. The second kappa shape index (κ2) is 2.30. The summed E-state index contributed by atoms with van der Waals surface area (Å²) in [6, 6.07) is 4.61. The third kappa shape index (κ3) is 1.03. The summed E-state index contributed by atoms with van der Waals surface area (Å²) in [5.41, 5.74) is 0.719. The SMILES string of the molecule is Fc1cccc2nc(Br)oc12. The predicted octanol–water partition coefficient (Wildman–Crippen LogP) is 2.73. The monoisotopic (exact) mass is 215 g/mol. The van der Waals surface area contributed by atoms with Crippen LogP contribution in [0.25, 0.3) is 11.1 Å². The minimum Gasteiger partial charge on any atom is -0.428 e. The molecule has 4 heteroatoms. The fraction of sp³-hybridized carbons (Fsp3) is 0. The average Bonchev–Trinajstić information content (AvgIpc) is 2.31. The van der Waals surface area contributed by atoms with E-state index in [1.807, 2.05) is 0 Å². The Hall–Kier alpha value is -0.900. The smallest absolute Gasteiger partial charge is 0.265 e. The molecule has 1 aromatic carbocycles. The van der Waals surface area contributed by atoms with Crippen LogP contribution in [0, 0.1) is 5.82 Å². The molecule has 0 saturated heterocycles. The van der Waals surface area contributed by atoms with Gasteiger partial charge in [-0.2, -0.15) is 0 Å². The van der Waals surface area contributed by atoms with Crippen LogP contribution in [0.4, 0.5) is 4.39 Å². The van der Waals surface area contributed by atoms with Gasteiger partial charge in [0.1, 0.15) is 5.52 Å². The summed E-state index contributed by atoms with van der Waals surface area (Å²) in [5.74, 6) is -0.388. The van der Waals surface area contributed by atoms with Crippen LogP contribution in [0.5, 0.6) is 0 Å². The lowest BCUT2D eigenvalue weighted by Gasteiger charge is -1.85. The van der Waals surface area contributed by atoms with Crippen LogP contribution < -0.4 is 0 Å². The molecule has 2 nitrogen and oxygen atoms in total. The molecule has 0 aliphatic carbocycles. The molecule has 0 aliphatic rings. The Balaban J connectivity index is 2.90. The number of oxazole rings is 1. The van der Waals surface area contributed by atoms with E-state index in [0.717, 1.165) is 0 Å². The minimum atomic E-state index is -0.388. The molecule has 0 fully saturated rings. The van der Waals surface area contributed by atoms with Crippen LogP contribution in [-0.4, -0.2) is 4.98 Å².